The van der Waals surface area contributed by atoms with E-state index in [-0.39, 0.29) is 11.5 Å². The normalized spacial score (nSPS) is 10.7. The minimum absolute atomic E-state index is 0.0473. The maximum Gasteiger partial charge on any atom is 0.323 e. The quantitative estimate of drug-likeness (QED) is 0.783. The second-order valence-corrected chi connectivity index (χ2v) is 4.10. The topological polar surface area (TPSA) is 70.7 Å². The van der Waals surface area contributed by atoms with Gasteiger partial charge < -0.3 is 14.5 Å². The van der Waals surface area contributed by atoms with Gasteiger partial charge in [0.05, 0.1) is 0 Å². The molecule has 2 heterocycles. The molecule has 0 atom stereocenters. The first-order valence-corrected chi connectivity index (χ1v) is 5.52. The SMILES string of the molecule is Cc1[nH]c(=O)[nH]c1C(=O)CCn1cccc1C. The van der Waals surface area contributed by atoms with Crippen molar-refractivity contribution < 1.29 is 4.79 Å². The van der Waals surface area contributed by atoms with Gasteiger partial charge in [-0.05, 0) is 26.0 Å². The number of carbonyl (C=O) groups is 1. The van der Waals surface area contributed by atoms with Crippen LogP contribution in [-0.4, -0.2) is 20.3 Å². The molecule has 0 radical (unpaired) electrons. The molecule has 0 aromatic carbocycles. The van der Waals surface area contributed by atoms with Crippen LogP contribution in [0, 0.1) is 13.8 Å². The van der Waals surface area contributed by atoms with Crippen LogP contribution in [0.2, 0.25) is 0 Å². The van der Waals surface area contributed by atoms with Gasteiger partial charge in [0.25, 0.3) is 0 Å². The van der Waals surface area contributed by atoms with Crippen molar-refractivity contribution in [3.05, 3.63) is 45.9 Å². The summed E-state index contributed by atoms with van der Waals surface area (Å²) in [6, 6.07) is 3.94. The van der Waals surface area contributed by atoms with Crippen molar-refractivity contribution in [1.29, 1.82) is 0 Å². The van der Waals surface area contributed by atoms with E-state index in [1.165, 1.54) is 0 Å². The molecular formula is C12H15N3O2. The van der Waals surface area contributed by atoms with Crippen molar-refractivity contribution in [2.45, 2.75) is 26.8 Å². The third-order valence-electron chi connectivity index (χ3n) is 2.83. The Morgan fingerprint density at radius 2 is 2.12 bits per heavy atom. The van der Waals surface area contributed by atoms with Gasteiger partial charge in [-0.3, -0.25) is 4.79 Å². The fraction of sp³-hybridized carbons (Fsp3) is 0.333. The largest absolute Gasteiger partial charge is 0.351 e. The van der Waals surface area contributed by atoms with Crippen LogP contribution in [0.4, 0.5) is 0 Å². The average Bonchev–Trinajstić information content (AvgIpc) is 2.81. The Bertz CT molecular complexity index is 589. The molecule has 90 valence electrons. The number of nitrogens with one attached hydrogen (secondary N) is 2. The predicted octanol–water partition coefficient (Wildman–Crippen LogP) is 1.39. The van der Waals surface area contributed by atoms with Crippen LogP contribution in [0.25, 0.3) is 0 Å². The summed E-state index contributed by atoms with van der Waals surface area (Å²) in [5, 5.41) is 0. The van der Waals surface area contributed by atoms with E-state index < -0.39 is 0 Å². The van der Waals surface area contributed by atoms with Crippen molar-refractivity contribution in [2.24, 2.45) is 0 Å². The van der Waals surface area contributed by atoms with Gasteiger partial charge in [0.1, 0.15) is 5.69 Å². The Hall–Kier alpha value is -2.04. The van der Waals surface area contributed by atoms with Gasteiger partial charge >= 0.3 is 5.69 Å². The molecule has 0 saturated carbocycles. The van der Waals surface area contributed by atoms with Crippen LogP contribution in [0.3, 0.4) is 0 Å². The van der Waals surface area contributed by atoms with E-state index in [9.17, 15) is 9.59 Å². The lowest BCUT2D eigenvalue weighted by atomic mass is 10.2. The summed E-state index contributed by atoms with van der Waals surface area (Å²) in [6.07, 6.45) is 2.32. The molecule has 2 rings (SSSR count). The van der Waals surface area contributed by atoms with E-state index in [0.717, 1.165) is 5.69 Å². The predicted molar refractivity (Wildman–Crippen MR) is 64.3 cm³/mol. The molecule has 2 aromatic heterocycles. The zero-order valence-corrected chi connectivity index (χ0v) is 9.91. The van der Waals surface area contributed by atoms with Gasteiger partial charge in [-0.1, -0.05) is 0 Å². The Labute approximate surface area is 98.5 Å². The van der Waals surface area contributed by atoms with Crippen LogP contribution in [0.5, 0.6) is 0 Å². The second-order valence-electron chi connectivity index (χ2n) is 4.10. The number of aromatic amines is 2. The number of hydrogen-bond donors (Lipinski definition) is 2. The second kappa shape index (κ2) is 4.45. The summed E-state index contributed by atoms with van der Waals surface area (Å²) in [6.45, 7) is 4.34. The van der Waals surface area contributed by atoms with Crippen molar-refractivity contribution in [2.75, 3.05) is 0 Å². The maximum atomic E-state index is 11.9. The summed E-state index contributed by atoms with van der Waals surface area (Å²) in [4.78, 5) is 28.0. The highest BCUT2D eigenvalue weighted by Crippen LogP contribution is 2.06. The summed E-state index contributed by atoms with van der Waals surface area (Å²) >= 11 is 0. The van der Waals surface area contributed by atoms with Crippen molar-refractivity contribution in [3.63, 3.8) is 0 Å². The third kappa shape index (κ3) is 2.38. The number of imidazole rings is 1. The molecule has 0 saturated heterocycles. The molecule has 5 nitrogen and oxygen atoms in total. The lowest BCUT2D eigenvalue weighted by molar-refractivity contribution is 0.0972. The number of hydrogen-bond acceptors (Lipinski definition) is 2. The van der Waals surface area contributed by atoms with Crippen LogP contribution < -0.4 is 5.69 Å². The molecule has 0 bridgehead atoms. The first kappa shape index (κ1) is 11.4. The highest BCUT2D eigenvalue weighted by molar-refractivity contribution is 5.95. The molecule has 2 aromatic rings. The number of rotatable bonds is 4. The lowest BCUT2D eigenvalue weighted by Gasteiger charge is -2.04. The number of Topliss-reactive ketones (excluding diaryl/α,β-unsaturated/α-hetero) is 1. The Kier molecular flexibility index (Phi) is 2.99. The van der Waals surface area contributed by atoms with Crippen molar-refractivity contribution in [1.82, 2.24) is 14.5 Å². The number of ketones is 1. The van der Waals surface area contributed by atoms with Crippen molar-refractivity contribution in [3.8, 4) is 0 Å². The van der Waals surface area contributed by atoms with E-state index in [4.69, 9.17) is 0 Å². The minimum atomic E-state index is -0.331. The minimum Gasteiger partial charge on any atom is -0.351 e. The van der Waals surface area contributed by atoms with E-state index >= 15 is 0 Å². The number of nitrogens with zero attached hydrogens (tertiary/aromatic N) is 1. The molecule has 2 N–H and O–H groups in total. The Balaban J connectivity index is 2.06. The number of aromatic nitrogens is 3. The summed E-state index contributed by atoms with van der Waals surface area (Å²) in [5.41, 5.74) is 1.78. The first-order valence-electron chi connectivity index (χ1n) is 5.52. The molecule has 0 unspecified atom stereocenters. The maximum absolute atomic E-state index is 11.9. The highest BCUT2D eigenvalue weighted by Gasteiger charge is 2.12. The zero-order valence-electron chi connectivity index (χ0n) is 9.91. The summed E-state index contributed by atoms with van der Waals surface area (Å²) < 4.78 is 2.01. The third-order valence-corrected chi connectivity index (χ3v) is 2.83. The van der Waals surface area contributed by atoms with Gasteiger partial charge in [0, 0.05) is 30.6 Å². The van der Waals surface area contributed by atoms with E-state index in [0.29, 0.717) is 24.4 Å². The fourth-order valence-electron chi connectivity index (χ4n) is 1.85. The van der Waals surface area contributed by atoms with Crippen LogP contribution >= 0.6 is 0 Å². The standard InChI is InChI=1S/C12H15N3O2/c1-8-4-3-6-15(8)7-5-10(16)11-9(2)13-12(17)14-11/h3-4,6H,5,7H2,1-2H3,(H2,13,14,17). The Morgan fingerprint density at radius 1 is 1.35 bits per heavy atom. The molecule has 17 heavy (non-hydrogen) atoms. The van der Waals surface area contributed by atoms with Gasteiger partial charge in [-0.15, -0.1) is 0 Å². The smallest absolute Gasteiger partial charge is 0.323 e. The molecule has 0 aliphatic heterocycles. The van der Waals surface area contributed by atoms with Crippen LogP contribution in [-0.2, 0) is 6.54 Å². The molecule has 0 amide bonds. The monoisotopic (exact) mass is 233 g/mol. The first-order chi connectivity index (χ1) is 8.08. The molecule has 5 heteroatoms. The van der Waals surface area contributed by atoms with E-state index in [1.54, 1.807) is 6.92 Å². The zero-order chi connectivity index (χ0) is 12.4. The van der Waals surface area contributed by atoms with Gasteiger partial charge in [-0.25, -0.2) is 4.79 Å². The number of carbonyl (C=O) groups excluding carboxylic acids is 1. The lowest BCUT2D eigenvalue weighted by Crippen LogP contribution is -2.09. The molecule has 0 fully saturated rings. The summed E-state index contributed by atoms with van der Waals surface area (Å²) in [5.74, 6) is -0.0473. The number of H-pyrrole nitrogens is 2. The van der Waals surface area contributed by atoms with Gasteiger partial charge in [0.15, 0.2) is 5.78 Å². The van der Waals surface area contributed by atoms with E-state index in [1.807, 2.05) is 29.8 Å². The fourth-order valence-corrected chi connectivity index (χ4v) is 1.85. The van der Waals surface area contributed by atoms with Crippen LogP contribution in [0.15, 0.2) is 23.1 Å². The average molecular weight is 233 g/mol. The molecule has 0 aliphatic carbocycles. The van der Waals surface area contributed by atoms with Gasteiger partial charge in [-0.2, -0.15) is 0 Å². The van der Waals surface area contributed by atoms with Gasteiger partial charge in [0.2, 0.25) is 0 Å². The van der Waals surface area contributed by atoms with E-state index in [2.05, 4.69) is 9.97 Å². The Morgan fingerprint density at radius 3 is 2.65 bits per heavy atom. The molecular weight excluding hydrogens is 218 g/mol. The molecule has 0 spiro atoms. The van der Waals surface area contributed by atoms with Crippen LogP contribution in [0.1, 0.15) is 28.3 Å². The molecule has 0 aliphatic rings. The number of aryl methyl sites for hydroxylation is 3. The highest BCUT2D eigenvalue weighted by atomic mass is 16.1. The summed E-state index contributed by atoms with van der Waals surface area (Å²) in [7, 11) is 0. The van der Waals surface area contributed by atoms with Crippen molar-refractivity contribution >= 4 is 5.78 Å².